The van der Waals surface area contributed by atoms with Crippen LogP contribution in [0, 0.1) is 12.3 Å². The molecule has 0 aromatic heterocycles. The lowest BCUT2D eigenvalue weighted by molar-refractivity contribution is -0.111. The number of urea groups is 1. The van der Waals surface area contributed by atoms with Gasteiger partial charge in [0.15, 0.2) is 0 Å². The van der Waals surface area contributed by atoms with Gasteiger partial charge in [-0.3, -0.25) is 10.2 Å². The number of carbonyl (C=O) groups excluding carboxylic acids is 2. The fraction of sp³-hybridized carbons (Fsp3) is 0.0625. The van der Waals surface area contributed by atoms with E-state index in [0.717, 1.165) is 15.4 Å². The Hall–Kier alpha value is -2.37. The number of hydrogen-bond acceptors (Lipinski definition) is 3. The van der Waals surface area contributed by atoms with Crippen LogP contribution in [0.25, 0.3) is 0 Å². The van der Waals surface area contributed by atoms with Crippen LogP contribution >= 0.6 is 23.2 Å². The Bertz CT molecular complexity index is 813. The number of amides is 3. The van der Waals surface area contributed by atoms with E-state index in [9.17, 15) is 9.59 Å². The maximum Gasteiger partial charge on any atom is 0.342 e. The van der Waals surface area contributed by atoms with Gasteiger partial charge in [-0.15, -0.1) is 0 Å². The van der Waals surface area contributed by atoms with Crippen LogP contribution in [-0.2, 0) is 4.79 Å². The summed E-state index contributed by atoms with van der Waals surface area (Å²) < 4.78 is 0. The topological polar surface area (TPSA) is 64.5 Å². The van der Waals surface area contributed by atoms with Crippen LogP contribution in [-0.4, -0.2) is 17.8 Å². The molecule has 116 valence electrons. The van der Waals surface area contributed by atoms with Crippen molar-refractivity contribution in [3.8, 4) is 0 Å². The summed E-state index contributed by atoms with van der Waals surface area (Å²) in [4.78, 5) is 26.9. The number of halogens is 2. The highest BCUT2D eigenvalue weighted by Gasteiger charge is 2.43. The molecule has 3 rings (SSSR count). The Kier molecular flexibility index (Phi) is 3.83. The number of benzene rings is 2. The van der Waals surface area contributed by atoms with Crippen molar-refractivity contribution in [2.45, 2.75) is 6.92 Å². The zero-order valence-electron chi connectivity index (χ0n) is 12.0. The molecule has 0 aliphatic carbocycles. The zero-order valence-corrected chi connectivity index (χ0v) is 13.5. The van der Waals surface area contributed by atoms with E-state index < -0.39 is 17.8 Å². The summed E-state index contributed by atoms with van der Waals surface area (Å²) in [7, 11) is 0. The third kappa shape index (κ3) is 2.69. The van der Waals surface area contributed by atoms with E-state index in [0.29, 0.717) is 15.7 Å². The molecule has 1 saturated heterocycles. The lowest BCUT2D eigenvalue weighted by Gasteiger charge is -2.17. The Morgan fingerprint density at radius 3 is 2.00 bits per heavy atom. The molecule has 0 radical (unpaired) electrons. The Morgan fingerprint density at radius 2 is 1.43 bits per heavy atom. The number of nitrogens with one attached hydrogen (secondary N) is 1. The second kappa shape index (κ2) is 5.68. The molecule has 0 spiro atoms. The standard InChI is InChI=1S/C16H11Cl2N3O2/c1-9-2-4-12(5-3-9)21-15(22)14(19)20(16(21)23)13-7-10(17)6-11(18)8-13/h2-8,19H,1H3. The van der Waals surface area contributed by atoms with Crippen LogP contribution in [0.1, 0.15) is 5.56 Å². The lowest BCUT2D eigenvalue weighted by atomic mass is 10.2. The molecule has 2 aromatic rings. The molecular weight excluding hydrogens is 337 g/mol. The molecule has 23 heavy (non-hydrogen) atoms. The largest absolute Gasteiger partial charge is 0.342 e. The number of carbonyl (C=O) groups is 2. The maximum atomic E-state index is 12.6. The number of anilines is 2. The van der Waals surface area contributed by atoms with Crippen LogP contribution in [0.5, 0.6) is 0 Å². The number of aryl methyl sites for hydroxylation is 1. The van der Waals surface area contributed by atoms with Crippen LogP contribution in [0.15, 0.2) is 42.5 Å². The van der Waals surface area contributed by atoms with Crippen molar-refractivity contribution < 1.29 is 9.59 Å². The summed E-state index contributed by atoms with van der Waals surface area (Å²) in [5, 5.41) is 8.60. The highest BCUT2D eigenvalue weighted by atomic mass is 35.5. The van der Waals surface area contributed by atoms with Crippen molar-refractivity contribution in [3.05, 3.63) is 58.1 Å². The Labute approximate surface area is 142 Å². The highest BCUT2D eigenvalue weighted by Crippen LogP contribution is 2.31. The summed E-state index contributed by atoms with van der Waals surface area (Å²) in [6.07, 6.45) is 0. The fourth-order valence-electron chi connectivity index (χ4n) is 2.31. The van der Waals surface area contributed by atoms with Crippen molar-refractivity contribution in [1.82, 2.24) is 0 Å². The molecule has 5 nitrogen and oxygen atoms in total. The molecule has 1 heterocycles. The van der Waals surface area contributed by atoms with Crippen molar-refractivity contribution in [1.29, 1.82) is 5.41 Å². The molecule has 0 bridgehead atoms. The third-order valence-corrected chi connectivity index (χ3v) is 3.85. The summed E-state index contributed by atoms with van der Waals surface area (Å²) in [5.74, 6) is -1.15. The second-order valence-electron chi connectivity index (χ2n) is 5.07. The van der Waals surface area contributed by atoms with E-state index in [1.807, 2.05) is 6.92 Å². The summed E-state index contributed by atoms with van der Waals surface area (Å²) in [6.45, 7) is 1.90. The molecule has 1 fully saturated rings. The monoisotopic (exact) mass is 347 g/mol. The number of nitrogens with zero attached hydrogens (tertiary/aromatic N) is 2. The predicted octanol–water partition coefficient (Wildman–Crippen LogP) is 4.25. The van der Waals surface area contributed by atoms with Gasteiger partial charge >= 0.3 is 11.9 Å². The lowest BCUT2D eigenvalue weighted by Crippen LogP contribution is -2.33. The smallest absolute Gasteiger partial charge is 0.279 e. The van der Waals surface area contributed by atoms with E-state index in [4.69, 9.17) is 28.6 Å². The normalized spacial score (nSPS) is 14.8. The molecule has 0 saturated carbocycles. The molecule has 1 aliphatic rings. The molecule has 1 aliphatic heterocycles. The van der Waals surface area contributed by atoms with E-state index in [2.05, 4.69) is 0 Å². The average Bonchev–Trinajstić information content (AvgIpc) is 2.69. The van der Waals surface area contributed by atoms with Gasteiger partial charge in [-0.1, -0.05) is 40.9 Å². The highest BCUT2D eigenvalue weighted by molar-refractivity contribution is 6.61. The number of amidine groups is 1. The second-order valence-corrected chi connectivity index (χ2v) is 5.94. The van der Waals surface area contributed by atoms with Gasteiger partial charge < -0.3 is 0 Å². The van der Waals surface area contributed by atoms with Gasteiger partial charge in [0.1, 0.15) is 0 Å². The van der Waals surface area contributed by atoms with Crippen molar-refractivity contribution in [2.24, 2.45) is 0 Å². The summed E-state index contributed by atoms with van der Waals surface area (Å²) in [5.41, 5.74) is 1.69. The molecule has 0 unspecified atom stereocenters. The van der Waals surface area contributed by atoms with E-state index in [1.54, 1.807) is 24.3 Å². The van der Waals surface area contributed by atoms with Gasteiger partial charge in [0.25, 0.3) is 0 Å². The Balaban J connectivity index is 2.04. The van der Waals surface area contributed by atoms with Gasteiger partial charge in [0, 0.05) is 10.0 Å². The zero-order chi connectivity index (χ0) is 16.7. The number of imide groups is 1. The first kappa shape index (κ1) is 15.5. The minimum atomic E-state index is -0.699. The van der Waals surface area contributed by atoms with Gasteiger partial charge in [-0.05, 0) is 37.3 Å². The molecule has 0 atom stereocenters. The SMILES string of the molecule is Cc1ccc(N2C(=O)C(=N)N(c3cc(Cl)cc(Cl)c3)C2=O)cc1. The first-order valence-electron chi connectivity index (χ1n) is 6.68. The van der Waals surface area contributed by atoms with Gasteiger partial charge in [0.05, 0.1) is 11.4 Å². The van der Waals surface area contributed by atoms with Gasteiger partial charge in [-0.25, -0.2) is 14.6 Å². The third-order valence-electron chi connectivity index (χ3n) is 3.41. The minimum Gasteiger partial charge on any atom is -0.279 e. The fourth-order valence-corrected chi connectivity index (χ4v) is 2.83. The van der Waals surface area contributed by atoms with Crippen LogP contribution in [0.4, 0.5) is 16.2 Å². The van der Waals surface area contributed by atoms with Crippen molar-refractivity contribution in [3.63, 3.8) is 0 Å². The number of rotatable bonds is 2. The van der Waals surface area contributed by atoms with E-state index in [1.165, 1.54) is 18.2 Å². The average molecular weight is 348 g/mol. The van der Waals surface area contributed by atoms with Crippen molar-refractivity contribution >= 4 is 52.4 Å². The van der Waals surface area contributed by atoms with Gasteiger partial charge in [0.2, 0.25) is 5.84 Å². The van der Waals surface area contributed by atoms with Crippen LogP contribution in [0.2, 0.25) is 10.0 Å². The van der Waals surface area contributed by atoms with E-state index >= 15 is 0 Å². The van der Waals surface area contributed by atoms with Crippen molar-refractivity contribution in [2.75, 3.05) is 9.80 Å². The first-order chi connectivity index (χ1) is 10.9. The predicted molar refractivity (Wildman–Crippen MR) is 90.7 cm³/mol. The minimum absolute atomic E-state index is 0.278. The first-order valence-corrected chi connectivity index (χ1v) is 7.44. The van der Waals surface area contributed by atoms with E-state index in [-0.39, 0.29) is 5.69 Å². The number of hydrogen-bond donors (Lipinski definition) is 1. The molecule has 7 heteroatoms. The van der Waals surface area contributed by atoms with Gasteiger partial charge in [-0.2, -0.15) is 0 Å². The van der Waals surface area contributed by atoms with Crippen LogP contribution < -0.4 is 9.80 Å². The molecule has 1 N–H and O–H groups in total. The summed E-state index contributed by atoms with van der Waals surface area (Å²) >= 11 is 11.9. The molecular formula is C16H11Cl2N3O2. The molecule has 2 aromatic carbocycles. The quantitative estimate of drug-likeness (QED) is 0.825. The maximum absolute atomic E-state index is 12.6. The Morgan fingerprint density at radius 1 is 0.870 bits per heavy atom. The van der Waals surface area contributed by atoms with Crippen LogP contribution in [0.3, 0.4) is 0 Å². The molecule has 3 amide bonds. The summed E-state index contributed by atoms with van der Waals surface area (Å²) in [6, 6.07) is 10.7.